The van der Waals surface area contributed by atoms with Gasteiger partial charge in [-0.2, -0.15) is 0 Å². The number of aromatic carboxylic acids is 1. The Kier molecular flexibility index (Phi) is 8.44. The first-order valence-corrected chi connectivity index (χ1v) is 15.9. The molecule has 11 heteroatoms. The lowest BCUT2D eigenvalue weighted by atomic mass is 9.93. The second kappa shape index (κ2) is 12.8. The SMILES string of the molecule is COc1cc(C(=O)C2CC2)cc(F)c1COc1cccc(C2CCN(Cc3nc4ccc(C(=O)O)cc4n3CC3CCO3)CC2)n1. The maximum atomic E-state index is 15.1. The van der Waals surface area contributed by atoms with E-state index in [9.17, 15) is 14.7 Å². The Bertz CT molecular complexity index is 1770. The third-order valence-corrected chi connectivity index (χ3v) is 9.34. The molecule has 0 radical (unpaired) electrons. The minimum absolute atomic E-state index is 0.00524. The van der Waals surface area contributed by atoms with E-state index < -0.39 is 11.8 Å². The van der Waals surface area contributed by atoms with Crippen LogP contribution in [0.3, 0.4) is 0 Å². The summed E-state index contributed by atoms with van der Waals surface area (Å²) < 4.78 is 34.2. The van der Waals surface area contributed by atoms with Gasteiger partial charge < -0.3 is 23.9 Å². The van der Waals surface area contributed by atoms with Crippen molar-refractivity contribution in [2.45, 2.75) is 63.8 Å². The lowest BCUT2D eigenvalue weighted by Crippen LogP contribution is -2.35. The van der Waals surface area contributed by atoms with E-state index in [0.717, 1.165) is 74.4 Å². The lowest BCUT2D eigenvalue weighted by molar-refractivity contribution is -0.0592. The van der Waals surface area contributed by atoms with Gasteiger partial charge in [0, 0.05) is 35.8 Å². The summed E-state index contributed by atoms with van der Waals surface area (Å²) in [5.41, 5.74) is 3.38. The van der Waals surface area contributed by atoms with E-state index in [1.807, 2.05) is 12.1 Å². The van der Waals surface area contributed by atoms with E-state index in [1.165, 1.54) is 13.2 Å². The zero-order valence-corrected chi connectivity index (χ0v) is 25.8. The summed E-state index contributed by atoms with van der Waals surface area (Å²) in [7, 11) is 1.46. The fourth-order valence-corrected chi connectivity index (χ4v) is 6.39. The molecule has 1 atom stereocenters. The molecule has 3 aliphatic rings. The van der Waals surface area contributed by atoms with Crippen LogP contribution in [-0.2, 0) is 24.4 Å². The first kappa shape index (κ1) is 30.3. The molecule has 1 N–H and O–H groups in total. The zero-order valence-electron chi connectivity index (χ0n) is 25.8. The normalized spacial score (nSPS) is 18.8. The summed E-state index contributed by atoms with van der Waals surface area (Å²) in [5.74, 6) is 0.338. The maximum absolute atomic E-state index is 15.1. The predicted octanol–water partition coefficient (Wildman–Crippen LogP) is 5.62. The summed E-state index contributed by atoms with van der Waals surface area (Å²) in [6.45, 7) is 3.71. The van der Waals surface area contributed by atoms with E-state index in [-0.39, 0.29) is 41.5 Å². The number of pyridine rings is 1. The molecule has 0 bridgehead atoms. The largest absolute Gasteiger partial charge is 0.496 e. The van der Waals surface area contributed by atoms with Crippen molar-refractivity contribution in [3.8, 4) is 11.6 Å². The summed E-state index contributed by atoms with van der Waals surface area (Å²) in [5, 5.41) is 9.53. The molecule has 1 aliphatic carbocycles. The predicted molar refractivity (Wildman–Crippen MR) is 167 cm³/mol. The van der Waals surface area contributed by atoms with Gasteiger partial charge in [-0.3, -0.25) is 9.69 Å². The molecule has 2 aromatic heterocycles. The van der Waals surface area contributed by atoms with Crippen molar-refractivity contribution in [3.05, 3.63) is 82.6 Å². The van der Waals surface area contributed by atoms with Gasteiger partial charge in [-0.15, -0.1) is 0 Å². The standard InChI is InChI=1S/C35H37FN4O6/c1-44-31-17-24(34(41)22-5-6-22)15-27(36)26(31)20-46-33-4-2-3-28(38-33)21-9-12-39(13-10-21)19-32-37-29-8-7-23(35(42)43)16-30(29)40(32)18-25-11-14-45-25/h2-4,7-8,15-17,21-22,25H,5-6,9-14,18-20H2,1H3,(H,42,43). The molecule has 4 heterocycles. The number of ether oxygens (including phenoxy) is 3. The topological polar surface area (TPSA) is 116 Å². The molecule has 1 unspecified atom stereocenters. The number of carboxylic acid groups (broad SMARTS) is 1. The zero-order chi connectivity index (χ0) is 31.8. The van der Waals surface area contributed by atoms with E-state index in [1.54, 1.807) is 30.3 Å². The molecule has 3 fully saturated rings. The van der Waals surface area contributed by atoms with Crippen LogP contribution < -0.4 is 9.47 Å². The highest BCUT2D eigenvalue weighted by molar-refractivity contribution is 5.99. The number of fused-ring (bicyclic) bond motifs is 1. The molecule has 7 rings (SSSR count). The first-order valence-electron chi connectivity index (χ1n) is 15.9. The Morgan fingerprint density at radius 3 is 2.52 bits per heavy atom. The minimum atomic E-state index is -0.955. The quantitative estimate of drug-likeness (QED) is 0.200. The highest BCUT2D eigenvalue weighted by Crippen LogP contribution is 2.35. The number of aromatic nitrogens is 3. The Labute approximate surface area is 266 Å². The Hall–Kier alpha value is -4.35. The van der Waals surface area contributed by atoms with E-state index in [4.69, 9.17) is 24.2 Å². The second-order valence-corrected chi connectivity index (χ2v) is 12.4. The van der Waals surface area contributed by atoms with Gasteiger partial charge >= 0.3 is 5.97 Å². The smallest absolute Gasteiger partial charge is 0.335 e. The van der Waals surface area contributed by atoms with E-state index in [2.05, 4.69) is 9.47 Å². The van der Waals surface area contributed by atoms with Crippen LogP contribution in [0, 0.1) is 11.7 Å². The maximum Gasteiger partial charge on any atom is 0.335 e. The van der Waals surface area contributed by atoms with E-state index in [0.29, 0.717) is 30.3 Å². The number of carbonyl (C=O) groups is 2. The molecular formula is C35H37FN4O6. The molecule has 2 aromatic carbocycles. The Balaban J connectivity index is 0.996. The van der Waals surface area contributed by atoms with Gasteiger partial charge in [-0.05, 0) is 81.6 Å². The van der Waals surface area contributed by atoms with Gasteiger partial charge in [0.2, 0.25) is 5.88 Å². The highest BCUT2D eigenvalue weighted by atomic mass is 19.1. The molecule has 0 amide bonds. The van der Waals surface area contributed by atoms with Gasteiger partial charge in [-0.1, -0.05) is 6.07 Å². The number of carboxylic acids is 1. The van der Waals surface area contributed by atoms with Gasteiger partial charge in [0.15, 0.2) is 5.78 Å². The molecule has 240 valence electrons. The molecule has 2 saturated heterocycles. The van der Waals surface area contributed by atoms with Crippen LogP contribution in [0.1, 0.15) is 75.8 Å². The Morgan fingerprint density at radius 2 is 1.83 bits per heavy atom. The van der Waals surface area contributed by atoms with Crippen LogP contribution in [-0.4, -0.2) is 69.2 Å². The van der Waals surface area contributed by atoms with Crippen molar-refractivity contribution in [1.29, 1.82) is 0 Å². The number of benzene rings is 2. The van der Waals surface area contributed by atoms with Crippen LogP contribution in [0.2, 0.25) is 0 Å². The van der Waals surface area contributed by atoms with E-state index >= 15 is 4.39 Å². The van der Waals surface area contributed by atoms with Gasteiger partial charge in [-0.25, -0.2) is 19.2 Å². The number of Topliss-reactive ketones (excluding diaryl/α,β-unsaturated/α-hetero) is 1. The third kappa shape index (κ3) is 6.34. The van der Waals surface area contributed by atoms with Gasteiger partial charge in [0.05, 0.1) is 48.5 Å². The molecule has 46 heavy (non-hydrogen) atoms. The van der Waals surface area contributed by atoms with Crippen LogP contribution in [0.4, 0.5) is 4.39 Å². The average Bonchev–Trinajstić information content (AvgIpc) is 3.84. The van der Waals surface area contributed by atoms with Gasteiger partial charge in [0.25, 0.3) is 0 Å². The molecule has 0 spiro atoms. The molecule has 1 saturated carbocycles. The number of imidazole rings is 1. The number of carbonyl (C=O) groups excluding carboxylic acids is 1. The summed E-state index contributed by atoms with van der Waals surface area (Å²) >= 11 is 0. The fourth-order valence-electron chi connectivity index (χ4n) is 6.39. The monoisotopic (exact) mass is 628 g/mol. The van der Waals surface area contributed by atoms with Crippen molar-refractivity contribution in [2.24, 2.45) is 5.92 Å². The summed E-state index contributed by atoms with van der Waals surface area (Å²) in [6.07, 6.45) is 4.61. The van der Waals surface area contributed by atoms with Crippen molar-refractivity contribution >= 4 is 22.8 Å². The second-order valence-electron chi connectivity index (χ2n) is 12.4. The number of hydrogen-bond donors (Lipinski definition) is 1. The molecular weight excluding hydrogens is 591 g/mol. The third-order valence-electron chi connectivity index (χ3n) is 9.34. The number of rotatable bonds is 12. The molecule has 2 aliphatic heterocycles. The fraction of sp³-hybridized carbons (Fsp3) is 0.429. The number of ketones is 1. The lowest BCUT2D eigenvalue weighted by Gasteiger charge is -2.32. The minimum Gasteiger partial charge on any atom is -0.496 e. The Morgan fingerprint density at radius 1 is 1.02 bits per heavy atom. The summed E-state index contributed by atoms with van der Waals surface area (Å²) in [6, 6.07) is 13.6. The van der Waals surface area contributed by atoms with Crippen molar-refractivity contribution in [3.63, 3.8) is 0 Å². The van der Waals surface area contributed by atoms with Crippen LogP contribution in [0.15, 0.2) is 48.5 Å². The van der Waals surface area contributed by atoms with Crippen molar-refractivity contribution in [2.75, 3.05) is 26.8 Å². The number of nitrogens with zero attached hydrogens (tertiary/aromatic N) is 4. The number of piperidine rings is 1. The average molecular weight is 629 g/mol. The van der Waals surface area contributed by atoms with Crippen LogP contribution >= 0.6 is 0 Å². The molecule has 10 nitrogen and oxygen atoms in total. The number of halogens is 1. The highest BCUT2D eigenvalue weighted by Gasteiger charge is 2.32. The van der Waals surface area contributed by atoms with Crippen LogP contribution in [0.5, 0.6) is 11.6 Å². The van der Waals surface area contributed by atoms with Crippen molar-refractivity contribution < 1.29 is 33.3 Å². The van der Waals surface area contributed by atoms with Crippen LogP contribution in [0.25, 0.3) is 11.0 Å². The van der Waals surface area contributed by atoms with Gasteiger partial charge in [0.1, 0.15) is 24.0 Å². The molecule has 4 aromatic rings. The number of likely N-dealkylation sites (tertiary alicyclic amines) is 1. The number of hydrogen-bond acceptors (Lipinski definition) is 8. The summed E-state index contributed by atoms with van der Waals surface area (Å²) in [4.78, 5) is 36.1. The first-order chi connectivity index (χ1) is 22.4. The number of methoxy groups -OCH3 is 1. The van der Waals surface area contributed by atoms with Crippen molar-refractivity contribution in [1.82, 2.24) is 19.4 Å².